The molecule has 3 aromatic rings. The summed E-state index contributed by atoms with van der Waals surface area (Å²) in [5.41, 5.74) is 14.7. The number of rotatable bonds is 5. The van der Waals surface area contributed by atoms with E-state index >= 15 is 0 Å². The lowest BCUT2D eigenvalue weighted by Crippen LogP contribution is -2.36. The lowest BCUT2D eigenvalue weighted by atomic mass is 9.95. The molecule has 0 unspecified atom stereocenters. The monoisotopic (exact) mass is 406 g/mol. The van der Waals surface area contributed by atoms with Crippen molar-refractivity contribution in [3.05, 3.63) is 41.7 Å². The quantitative estimate of drug-likeness (QED) is 0.587. The van der Waals surface area contributed by atoms with Crippen molar-refractivity contribution in [1.82, 2.24) is 25.3 Å². The van der Waals surface area contributed by atoms with Gasteiger partial charge in [0.05, 0.1) is 18.4 Å². The highest BCUT2D eigenvalue weighted by Gasteiger charge is 2.17. The number of hydrogen-bond donors (Lipinski definition) is 3. The summed E-state index contributed by atoms with van der Waals surface area (Å²) in [6.45, 7) is 0.514. The number of amides is 1. The fourth-order valence-electron chi connectivity index (χ4n) is 3.78. The second-order valence-corrected chi connectivity index (χ2v) is 7.71. The molecule has 30 heavy (non-hydrogen) atoms. The van der Waals surface area contributed by atoms with Crippen LogP contribution in [0, 0.1) is 0 Å². The highest BCUT2D eigenvalue weighted by Crippen LogP contribution is 2.20. The normalized spacial score (nSPS) is 14.6. The number of nitrogens with two attached hydrogens (primary N) is 2. The van der Waals surface area contributed by atoms with Crippen LogP contribution in [0.1, 0.15) is 48.2 Å². The summed E-state index contributed by atoms with van der Waals surface area (Å²) in [4.78, 5) is 31.3. The minimum Gasteiger partial charge on any atom is -0.382 e. The van der Waals surface area contributed by atoms with Crippen molar-refractivity contribution in [1.29, 1.82) is 0 Å². The average Bonchev–Trinajstić information content (AvgIpc) is 2.75. The molecule has 2 aromatic heterocycles. The van der Waals surface area contributed by atoms with Crippen LogP contribution in [-0.2, 0) is 6.54 Å². The highest BCUT2D eigenvalue weighted by atomic mass is 16.1. The minimum atomic E-state index is -0.00810. The molecule has 1 amide bonds. The van der Waals surface area contributed by atoms with Crippen molar-refractivity contribution in [2.45, 2.75) is 44.7 Å². The van der Waals surface area contributed by atoms with E-state index in [1.165, 1.54) is 19.3 Å². The zero-order chi connectivity index (χ0) is 21.1. The highest BCUT2D eigenvalue weighted by molar-refractivity contribution is 5.94. The van der Waals surface area contributed by atoms with Gasteiger partial charge in [0.25, 0.3) is 5.91 Å². The van der Waals surface area contributed by atoms with Gasteiger partial charge in [0.15, 0.2) is 17.0 Å². The van der Waals surface area contributed by atoms with Gasteiger partial charge in [-0.05, 0) is 37.1 Å². The van der Waals surface area contributed by atoms with Crippen molar-refractivity contribution in [2.24, 2.45) is 0 Å². The SMILES string of the molecule is CN(Cc1cnc2nc(N)nc(N)c2n1)c1ccc(C(=O)NC2CCCCC2)cc1. The molecule has 0 bridgehead atoms. The Labute approximate surface area is 174 Å². The van der Waals surface area contributed by atoms with Gasteiger partial charge in [-0.25, -0.2) is 9.97 Å². The van der Waals surface area contributed by atoms with Gasteiger partial charge in [0, 0.05) is 24.3 Å². The third kappa shape index (κ3) is 4.40. The number of hydrogen-bond acceptors (Lipinski definition) is 8. The van der Waals surface area contributed by atoms with Crippen LogP contribution >= 0.6 is 0 Å². The van der Waals surface area contributed by atoms with Gasteiger partial charge in [-0.1, -0.05) is 19.3 Å². The molecule has 0 spiro atoms. The summed E-state index contributed by atoms with van der Waals surface area (Å²) < 4.78 is 0. The van der Waals surface area contributed by atoms with E-state index in [2.05, 4.69) is 25.3 Å². The predicted octanol–water partition coefficient (Wildman–Crippen LogP) is 2.28. The molecule has 1 fully saturated rings. The molecule has 5 N–H and O–H groups in total. The van der Waals surface area contributed by atoms with Gasteiger partial charge >= 0.3 is 0 Å². The van der Waals surface area contributed by atoms with E-state index in [0.29, 0.717) is 29.3 Å². The van der Waals surface area contributed by atoms with E-state index < -0.39 is 0 Å². The number of nitrogens with zero attached hydrogens (tertiary/aromatic N) is 5. The zero-order valence-electron chi connectivity index (χ0n) is 17.0. The van der Waals surface area contributed by atoms with Crippen molar-refractivity contribution in [3.63, 3.8) is 0 Å². The molecule has 9 heteroatoms. The molecule has 1 aliphatic carbocycles. The van der Waals surface area contributed by atoms with E-state index in [1.807, 2.05) is 36.2 Å². The van der Waals surface area contributed by atoms with Gasteiger partial charge in [0.2, 0.25) is 5.95 Å². The third-order valence-corrected chi connectivity index (χ3v) is 5.41. The first-order chi connectivity index (χ1) is 14.5. The summed E-state index contributed by atoms with van der Waals surface area (Å²) >= 11 is 0. The second-order valence-electron chi connectivity index (χ2n) is 7.71. The Morgan fingerprint density at radius 2 is 1.83 bits per heavy atom. The van der Waals surface area contributed by atoms with E-state index in [-0.39, 0.29) is 17.7 Å². The zero-order valence-corrected chi connectivity index (χ0v) is 17.0. The Kier molecular flexibility index (Phi) is 5.60. The number of fused-ring (bicyclic) bond motifs is 1. The molecule has 1 saturated carbocycles. The average molecular weight is 406 g/mol. The van der Waals surface area contributed by atoms with Crippen LogP contribution in [0.15, 0.2) is 30.5 Å². The molecular formula is C21H26N8O. The fraction of sp³-hybridized carbons (Fsp3) is 0.381. The summed E-state index contributed by atoms with van der Waals surface area (Å²) in [6.07, 6.45) is 7.44. The fourth-order valence-corrected chi connectivity index (χ4v) is 3.78. The topological polar surface area (TPSA) is 136 Å². The standard InChI is InChI=1S/C21H26N8O/c1-29(12-15-11-24-19-17(25-15)18(22)27-21(23)28-19)16-9-7-13(8-10-16)20(30)26-14-5-3-2-4-6-14/h7-11,14H,2-6,12H2,1H3,(H,26,30)(H4,22,23,24,27,28). The molecule has 0 atom stereocenters. The number of nitrogen functional groups attached to an aromatic ring is 2. The first-order valence-corrected chi connectivity index (χ1v) is 10.2. The molecule has 9 nitrogen and oxygen atoms in total. The van der Waals surface area contributed by atoms with Crippen molar-refractivity contribution in [3.8, 4) is 0 Å². The molecule has 2 heterocycles. The number of anilines is 3. The maximum absolute atomic E-state index is 12.5. The number of nitrogens with one attached hydrogen (secondary N) is 1. The van der Waals surface area contributed by atoms with E-state index in [9.17, 15) is 4.79 Å². The van der Waals surface area contributed by atoms with Crippen molar-refractivity contribution >= 4 is 34.5 Å². The van der Waals surface area contributed by atoms with Gasteiger partial charge in [0.1, 0.15) is 0 Å². The van der Waals surface area contributed by atoms with E-state index in [4.69, 9.17) is 11.5 Å². The smallest absolute Gasteiger partial charge is 0.251 e. The van der Waals surface area contributed by atoms with Crippen LogP contribution in [0.3, 0.4) is 0 Å². The van der Waals surface area contributed by atoms with Crippen LogP contribution in [-0.4, -0.2) is 38.9 Å². The van der Waals surface area contributed by atoms with Gasteiger partial charge in [-0.2, -0.15) is 9.97 Å². The minimum absolute atomic E-state index is 0.00810. The van der Waals surface area contributed by atoms with Gasteiger partial charge < -0.3 is 21.7 Å². The number of carbonyl (C=O) groups is 1. The summed E-state index contributed by atoms with van der Waals surface area (Å²) in [5.74, 6) is 0.279. The third-order valence-electron chi connectivity index (χ3n) is 5.41. The number of benzene rings is 1. The largest absolute Gasteiger partial charge is 0.382 e. The lowest BCUT2D eigenvalue weighted by molar-refractivity contribution is 0.0927. The number of carbonyl (C=O) groups excluding carboxylic acids is 1. The van der Waals surface area contributed by atoms with Crippen molar-refractivity contribution in [2.75, 3.05) is 23.4 Å². The molecule has 1 aliphatic rings. The van der Waals surface area contributed by atoms with Crippen LogP contribution < -0.4 is 21.7 Å². The molecule has 0 aliphatic heterocycles. The van der Waals surface area contributed by atoms with Crippen LogP contribution in [0.25, 0.3) is 11.2 Å². The maximum Gasteiger partial charge on any atom is 0.251 e. The lowest BCUT2D eigenvalue weighted by Gasteiger charge is -2.23. The Balaban J connectivity index is 1.43. The molecule has 4 rings (SSSR count). The second kappa shape index (κ2) is 8.48. The molecule has 156 valence electrons. The number of aromatic nitrogens is 4. The first-order valence-electron chi connectivity index (χ1n) is 10.2. The van der Waals surface area contributed by atoms with E-state index in [0.717, 1.165) is 24.2 Å². The van der Waals surface area contributed by atoms with Crippen LogP contribution in [0.4, 0.5) is 17.5 Å². The summed E-state index contributed by atoms with van der Waals surface area (Å²) in [7, 11) is 1.95. The Hall–Kier alpha value is -3.49. The van der Waals surface area contributed by atoms with Gasteiger partial charge in [-0.15, -0.1) is 0 Å². The van der Waals surface area contributed by atoms with E-state index in [1.54, 1.807) is 6.20 Å². The van der Waals surface area contributed by atoms with Crippen LogP contribution in [0.5, 0.6) is 0 Å². The first kappa shape index (κ1) is 19.8. The molecular weight excluding hydrogens is 380 g/mol. The molecule has 0 radical (unpaired) electrons. The Morgan fingerprint density at radius 1 is 1.10 bits per heavy atom. The predicted molar refractivity (Wildman–Crippen MR) is 117 cm³/mol. The summed E-state index contributed by atoms with van der Waals surface area (Å²) in [6, 6.07) is 7.87. The maximum atomic E-state index is 12.5. The molecule has 0 saturated heterocycles. The Morgan fingerprint density at radius 3 is 2.57 bits per heavy atom. The van der Waals surface area contributed by atoms with Crippen LogP contribution in [0.2, 0.25) is 0 Å². The molecule has 1 aromatic carbocycles. The van der Waals surface area contributed by atoms with Gasteiger partial charge in [-0.3, -0.25) is 4.79 Å². The Bertz CT molecular complexity index is 1050. The summed E-state index contributed by atoms with van der Waals surface area (Å²) in [5, 5.41) is 3.15. The van der Waals surface area contributed by atoms with Crippen molar-refractivity contribution < 1.29 is 4.79 Å².